The number of thioether (sulfide) groups is 1. The van der Waals surface area contributed by atoms with Gasteiger partial charge in [-0.05, 0) is 36.9 Å². The van der Waals surface area contributed by atoms with Crippen molar-refractivity contribution in [1.29, 1.82) is 0 Å². The van der Waals surface area contributed by atoms with Gasteiger partial charge in [0.25, 0.3) is 5.91 Å². The zero-order chi connectivity index (χ0) is 16.6. The van der Waals surface area contributed by atoms with Gasteiger partial charge in [0.2, 0.25) is 0 Å². The second-order valence-electron chi connectivity index (χ2n) is 5.10. The van der Waals surface area contributed by atoms with Gasteiger partial charge in [-0.1, -0.05) is 41.1 Å². The molecule has 2 aromatic carbocycles. The van der Waals surface area contributed by atoms with E-state index in [4.69, 9.17) is 11.6 Å². The largest absolute Gasteiger partial charge is 0.319 e. The molecule has 0 atom stereocenters. The molecule has 3 nitrogen and oxygen atoms in total. The van der Waals surface area contributed by atoms with Gasteiger partial charge in [-0.15, -0.1) is 11.8 Å². The van der Waals surface area contributed by atoms with E-state index in [0.717, 1.165) is 20.7 Å². The fourth-order valence-electron chi connectivity index (χ4n) is 2.48. The van der Waals surface area contributed by atoms with Crippen LogP contribution in [0.2, 0.25) is 5.02 Å². The first-order valence-corrected chi connectivity index (χ1v) is 9.41. The zero-order valence-electron chi connectivity index (χ0n) is 13.0. The van der Waals surface area contributed by atoms with E-state index in [1.54, 1.807) is 11.8 Å². The van der Waals surface area contributed by atoms with E-state index in [-0.39, 0.29) is 5.91 Å². The lowest BCUT2D eigenvalue weighted by Crippen LogP contribution is -2.14. The number of carbonyl (C=O) groups is 1. The topological polar surface area (TPSA) is 34.4 Å². The Bertz CT molecular complexity index is 972. The SMILES string of the molecule is CSc1ccccc1C(=O)N=c1sc2c(Cl)ccc(C)c2n1C. The zero-order valence-corrected chi connectivity index (χ0v) is 15.4. The summed E-state index contributed by atoms with van der Waals surface area (Å²) in [4.78, 5) is 18.5. The molecule has 0 saturated heterocycles. The number of benzene rings is 2. The number of hydrogen-bond acceptors (Lipinski definition) is 3. The van der Waals surface area contributed by atoms with Gasteiger partial charge in [0.1, 0.15) is 0 Å². The molecule has 0 bridgehead atoms. The van der Waals surface area contributed by atoms with Crippen LogP contribution in [0.25, 0.3) is 10.2 Å². The number of halogens is 1. The fraction of sp³-hybridized carbons (Fsp3) is 0.176. The molecule has 1 aromatic heterocycles. The summed E-state index contributed by atoms with van der Waals surface area (Å²) in [5.74, 6) is -0.231. The molecule has 0 saturated carbocycles. The van der Waals surface area contributed by atoms with Gasteiger partial charge in [-0.2, -0.15) is 4.99 Å². The molecule has 118 valence electrons. The van der Waals surface area contributed by atoms with Gasteiger partial charge >= 0.3 is 0 Å². The summed E-state index contributed by atoms with van der Waals surface area (Å²) in [5, 5.41) is 0.685. The summed E-state index contributed by atoms with van der Waals surface area (Å²) in [6, 6.07) is 11.4. The number of hydrogen-bond donors (Lipinski definition) is 0. The summed E-state index contributed by atoms with van der Waals surface area (Å²) < 4.78 is 2.89. The van der Waals surface area contributed by atoms with Crippen LogP contribution in [0.1, 0.15) is 15.9 Å². The number of aryl methyl sites for hydroxylation is 2. The molecule has 0 spiro atoms. The number of rotatable bonds is 2. The summed E-state index contributed by atoms with van der Waals surface area (Å²) in [6.45, 7) is 2.03. The number of aromatic nitrogens is 1. The fourth-order valence-corrected chi connectivity index (χ4v) is 4.44. The van der Waals surface area contributed by atoms with Gasteiger partial charge in [0.05, 0.1) is 20.8 Å². The van der Waals surface area contributed by atoms with Crippen LogP contribution >= 0.6 is 34.7 Å². The number of carbonyl (C=O) groups excluding carboxylic acids is 1. The molecular formula is C17H15ClN2OS2. The van der Waals surface area contributed by atoms with Crippen molar-refractivity contribution in [1.82, 2.24) is 4.57 Å². The van der Waals surface area contributed by atoms with E-state index in [9.17, 15) is 4.79 Å². The summed E-state index contributed by atoms with van der Waals surface area (Å²) in [5.41, 5.74) is 2.76. The molecule has 0 fully saturated rings. The first-order chi connectivity index (χ1) is 11.0. The van der Waals surface area contributed by atoms with Crippen molar-refractivity contribution in [3.05, 3.63) is 57.3 Å². The van der Waals surface area contributed by atoms with E-state index in [1.807, 2.05) is 61.2 Å². The minimum Gasteiger partial charge on any atom is -0.319 e. The van der Waals surface area contributed by atoms with E-state index < -0.39 is 0 Å². The number of amides is 1. The third-order valence-corrected chi connectivity index (χ3v) is 6.02. The van der Waals surface area contributed by atoms with Crippen LogP contribution in [-0.4, -0.2) is 16.7 Å². The Balaban J connectivity index is 2.19. The lowest BCUT2D eigenvalue weighted by molar-refractivity contribution is 0.0995. The molecule has 0 N–H and O–H groups in total. The maximum Gasteiger partial charge on any atom is 0.280 e. The van der Waals surface area contributed by atoms with Gasteiger partial charge in [0.15, 0.2) is 4.80 Å². The summed E-state index contributed by atoms with van der Waals surface area (Å²) in [6.07, 6.45) is 1.95. The molecule has 0 aliphatic heterocycles. The predicted molar refractivity (Wildman–Crippen MR) is 98.7 cm³/mol. The van der Waals surface area contributed by atoms with Crippen molar-refractivity contribution < 1.29 is 4.79 Å². The highest BCUT2D eigenvalue weighted by atomic mass is 35.5. The van der Waals surface area contributed by atoms with Crippen LogP contribution in [0, 0.1) is 6.92 Å². The molecule has 3 rings (SSSR count). The lowest BCUT2D eigenvalue weighted by Gasteiger charge is -2.02. The van der Waals surface area contributed by atoms with Crippen LogP contribution in [0.15, 0.2) is 46.3 Å². The van der Waals surface area contributed by atoms with Crippen LogP contribution < -0.4 is 4.80 Å². The monoisotopic (exact) mass is 362 g/mol. The van der Waals surface area contributed by atoms with Gasteiger partial charge < -0.3 is 4.57 Å². The number of nitrogens with zero attached hydrogens (tertiary/aromatic N) is 2. The van der Waals surface area contributed by atoms with E-state index >= 15 is 0 Å². The van der Waals surface area contributed by atoms with Crippen LogP contribution in [0.5, 0.6) is 0 Å². The Kier molecular flexibility index (Phi) is 4.62. The molecule has 1 heterocycles. The average molecular weight is 363 g/mol. The van der Waals surface area contributed by atoms with Crippen molar-refractivity contribution in [2.75, 3.05) is 6.26 Å². The average Bonchev–Trinajstić information content (AvgIpc) is 2.89. The molecule has 6 heteroatoms. The van der Waals surface area contributed by atoms with Crippen molar-refractivity contribution in [2.24, 2.45) is 12.0 Å². The second kappa shape index (κ2) is 6.51. The van der Waals surface area contributed by atoms with E-state index in [1.165, 1.54) is 11.3 Å². The Morgan fingerprint density at radius 1 is 1.26 bits per heavy atom. The quantitative estimate of drug-likeness (QED) is 0.621. The molecule has 23 heavy (non-hydrogen) atoms. The third-order valence-electron chi connectivity index (χ3n) is 3.64. The Morgan fingerprint density at radius 2 is 2.00 bits per heavy atom. The summed E-state index contributed by atoms with van der Waals surface area (Å²) in [7, 11) is 1.91. The standard InChI is InChI=1S/C17H15ClN2OS2/c1-10-8-9-12(18)15-14(10)20(2)17(23-15)19-16(21)11-6-4-5-7-13(11)22-3/h4-9H,1-3H3. The molecule has 0 radical (unpaired) electrons. The van der Waals surface area contributed by atoms with Gasteiger partial charge in [0, 0.05) is 11.9 Å². The minimum atomic E-state index is -0.231. The Morgan fingerprint density at radius 3 is 2.70 bits per heavy atom. The Hall–Kier alpha value is -1.56. The van der Waals surface area contributed by atoms with Crippen LogP contribution in [0.4, 0.5) is 0 Å². The molecule has 0 aliphatic rings. The van der Waals surface area contributed by atoms with Gasteiger partial charge in [-0.25, -0.2) is 0 Å². The van der Waals surface area contributed by atoms with E-state index in [2.05, 4.69) is 4.99 Å². The van der Waals surface area contributed by atoms with Crippen molar-refractivity contribution in [2.45, 2.75) is 11.8 Å². The Labute approximate surface area is 147 Å². The smallest absolute Gasteiger partial charge is 0.280 e. The third kappa shape index (κ3) is 2.96. The highest BCUT2D eigenvalue weighted by molar-refractivity contribution is 7.98. The van der Waals surface area contributed by atoms with Gasteiger partial charge in [-0.3, -0.25) is 4.79 Å². The van der Waals surface area contributed by atoms with Crippen molar-refractivity contribution >= 4 is 50.8 Å². The molecule has 0 aliphatic carbocycles. The number of thiazole rings is 1. The van der Waals surface area contributed by atoms with E-state index in [0.29, 0.717) is 15.4 Å². The van der Waals surface area contributed by atoms with Crippen molar-refractivity contribution in [3.8, 4) is 0 Å². The minimum absolute atomic E-state index is 0.231. The normalized spacial score (nSPS) is 12.1. The maximum absolute atomic E-state index is 12.6. The molecule has 3 aromatic rings. The molecule has 1 amide bonds. The highest BCUT2D eigenvalue weighted by Gasteiger charge is 2.13. The molecule has 0 unspecified atom stereocenters. The summed E-state index contributed by atoms with van der Waals surface area (Å²) >= 11 is 9.26. The number of fused-ring (bicyclic) bond motifs is 1. The molecular weight excluding hydrogens is 348 g/mol. The van der Waals surface area contributed by atoms with Crippen LogP contribution in [-0.2, 0) is 7.05 Å². The highest BCUT2D eigenvalue weighted by Crippen LogP contribution is 2.28. The first kappa shape index (κ1) is 16.3. The first-order valence-electron chi connectivity index (χ1n) is 6.99. The lowest BCUT2D eigenvalue weighted by atomic mass is 10.2. The predicted octanol–water partition coefficient (Wildman–Crippen LogP) is 4.66. The van der Waals surface area contributed by atoms with Crippen LogP contribution in [0.3, 0.4) is 0 Å². The second-order valence-corrected chi connectivity index (χ2v) is 7.34. The van der Waals surface area contributed by atoms with Crippen molar-refractivity contribution in [3.63, 3.8) is 0 Å². The maximum atomic E-state index is 12.6.